The van der Waals surface area contributed by atoms with E-state index in [4.69, 9.17) is 12.2 Å². The molecule has 16 heavy (non-hydrogen) atoms. The van der Waals surface area contributed by atoms with E-state index in [2.05, 4.69) is 10.6 Å². The molecule has 1 aliphatic heterocycles. The van der Waals surface area contributed by atoms with Crippen LogP contribution in [0.15, 0.2) is 0 Å². The molecule has 1 saturated heterocycles. The first-order chi connectivity index (χ1) is 6.98. The number of hydrogen-bond donors (Lipinski definition) is 2. The minimum absolute atomic E-state index is 0. The van der Waals surface area contributed by atoms with Crippen LogP contribution in [-0.4, -0.2) is 16.9 Å². The van der Waals surface area contributed by atoms with Gasteiger partial charge in [-0.05, 0) is 24.6 Å². The molecule has 1 rings (SSSR count). The monoisotopic (exact) mass is 252 g/mol. The van der Waals surface area contributed by atoms with Crippen LogP contribution in [0.3, 0.4) is 0 Å². The van der Waals surface area contributed by atoms with Gasteiger partial charge in [0.05, 0.1) is 0 Å². The molecule has 2 amide bonds. The number of amides is 2. The minimum Gasteiger partial charge on any atom is -1.00 e. The third-order valence-electron chi connectivity index (χ3n) is 3.28. The molecule has 0 saturated carbocycles. The topological polar surface area (TPSA) is 58.2 Å². The summed E-state index contributed by atoms with van der Waals surface area (Å²) in [6.07, 6.45) is 1.27. The van der Waals surface area contributed by atoms with Gasteiger partial charge in [-0.25, -0.2) is 0 Å². The van der Waals surface area contributed by atoms with Crippen LogP contribution in [0.5, 0.6) is 0 Å². The second-order valence-electron chi connectivity index (χ2n) is 3.87. The van der Waals surface area contributed by atoms with E-state index < -0.39 is 5.41 Å². The maximum atomic E-state index is 11.9. The predicted octanol–water partition coefficient (Wildman–Crippen LogP) is -1.92. The van der Waals surface area contributed by atoms with Gasteiger partial charge in [0.15, 0.2) is 5.11 Å². The zero-order valence-corrected chi connectivity index (χ0v) is 13.0. The Morgan fingerprint density at radius 2 is 1.75 bits per heavy atom. The number of thiocarbonyl (C=S) groups is 1. The molecule has 0 spiro atoms. The van der Waals surface area contributed by atoms with Gasteiger partial charge in [0.2, 0.25) is 11.8 Å². The van der Waals surface area contributed by atoms with Gasteiger partial charge in [0.25, 0.3) is 0 Å². The first-order valence-electron chi connectivity index (χ1n) is 5.15. The second kappa shape index (κ2) is 6.10. The fourth-order valence-corrected chi connectivity index (χ4v) is 2.21. The van der Waals surface area contributed by atoms with Crippen LogP contribution in [0.25, 0.3) is 0 Å². The molecule has 6 heteroatoms. The molecule has 86 valence electrons. The Morgan fingerprint density at radius 1 is 1.31 bits per heavy atom. The largest absolute Gasteiger partial charge is 1.00 e. The van der Waals surface area contributed by atoms with Crippen LogP contribution in [0, 0.1) is 11.3 Å². The second-order valence-corrected chi connectivity index (χ2v) is 4.28. The van der Waals surface area contributed by atoms with E-state index in [0.29, 0.717) is 6.42 Å². The van der Waals surface area contributed by atoms with Crippen LogP contribution in [0.4, 0.5) is 0 Å². The van der Waals surface area contributed by atoms with Crippen LogP contribution in [0.2, 0.25) is 0 Å². The zero-order valence-electron chi connectivity index (χ0n) is 11.2. The van der Waals surface area contributed by atoms with Gasteiger partial charge in [0.1, 0.15) is 5.41 Å². The molecule has 1 heterocycles. The van der Waals surface area contributed by atoms with Crippen molar-refractivity contribution in [2.75, 3.05) is 0 Å². The fraction of sp³-hybridized carbons (Fsp3) is 0.700. The maximum absolute atomic E-state index is 11.9. The van der Waals surface area contributed by atoms with E-state index in [9.17, 15) is 9.59 Å². The van der Waals surface area contributed by atoms with Crippen molar-refractivity contribution < 1.29 is 40.6 Å². The van der Waals surface area contributed by atoms with Crippen molar-refractivity contribution >= 4 is 29.1 Å². The Balaban J connectivity index is 0. The van der Waals surface area contributed by atoms with Gasteiger partial charge in [-0.1, -0.05) is 27.2 Å². The SMILES string of the molecule is CC[C@@H](C)C1(CC)C(=O)NC(=S)NC1=O.[H-].[Na+]. The van der Waals surface area contributed by atoms with Crippen molar-refractivity contribution in [2.45, 2.75) is 33.6 Å². The van der Waals surface area contributed by atoms with Crippen molar-refractivity contribution in [3.63, 3.8) is 0 Å². The van der Waals surface area contributed by atoms with Crippen LogP contribution in [0.1, 0.15) is 35.0 Å². The van der Waals surface area contributed by atoms with Gasteiger partial charge in [0, 0.05) is 0 Å². The van der Waals surface area contributed by atoms with Gasteiger partial charge >= 0.3 is 29.6 Å². The first kappa shape index (κ1) is 16.0. The molecule has 4 nitrogen and oxygen atoms in total. The summed E-state index contributed by atoms with van der Waals surface area (Å²) in [5.74, 6) is -0.535. The average molecular weight is 252 g/mol. The molecule has 0 aromatic heterocycles. The maximum Gasteiger partial charge on any atom is 1.00 e. The Hall–Kier alpha value is 0.0300. The third kappa shape index (κ3) is 2.47. The van der Waals surface area contributed by atoms with E-state index in [0.717, 1.165) is 6.42 Å². The Labute approximate surface area is 125 Å². The smallest absolute Gasteiger partial charge is 1.00 e. The van der Waals surface area contributed by atoms with Gasteiger partial charge in [-0.2, -0.15) is 0 Å². The molecule has 0 aromatic carbocycles. The predicted molar refractivity (Wildman–Crippen MR) is 62.2 cm³/mol. The van der Waals surface area contributed by atoms with Gasteiger partial charge < -0.3 is 12.1 Å². The molecule has 0 radical (unpaired) electrons. The van der Waals surface area contributed by atoms with Crippen LogP contribution in [-0.2, 0) is 9.59 Å². The standard InChI is InChI=1S/C10H16N2O2S.Na.H/c1-4-6(3)10(5-2)7(13)11-9(15)12-8(10)14;;/h6H,4-5H2,1-3H3,(H2,11,12,13,14,15);;/q;+1;-1/t6-;;/m1../s1. The summed E-state index contributed by atoms with van der Waals surface area (Å²) >= 11 is 4.77. The molecule has 1 atom stereocenters. The molecule has 0 aliphatic carbocycles. The summed E-state index contributed by atoms with van der Waals surface area (Å²) in [4.78, 5) is 23.8. The van der Waals surface area contributed by atoms with E-state index in [1.165, 1.54) is 0 Å². The van der Waals surface area contributed by atoms with Crippen molar-refractivity contribution in [1.29, 1.82) is 0 Å². The van der Waals surface area contributed by atoms with E-state index in [-0.39, 0.29) is 53.8 Å². The van der Waals surface area contributed by atoms with Crippen molar-refractivity contribution in [2.24, 2.45) is 11.3 Å². The van der Waals surface area contributed by atoms with Crippen LogP contribution < -0.4 is 40.2 Å². The molecule has 1 aliphatic rings. The molecule has 0 bridgehead atoms. The molecular formula is C10H17N2NaO2S. The quantitative estimate of drug-likeness (QED) is 0.350. The molecule has 2 N–H and O–H groups in total. The van der Waals surface area contributed by atoms with Crippen molar-refractivity contribution in [3.05, 3.63) is 0 Å². The number of carbonyl (C=O) groups excluding carboxylic acids is 2. The molecular weight excluding hydrogens is 235 g/mol. The fourth-order valence-electron chi connectivity index (χ4n) is 2.03. The number of rotatable bonds is 3. The molecule has 0 unspecified atom stereocenters. The summed E-state index contributed by atoms with van der Waals surface area (Å²) in [5.41, 5.74) is -0.961. The van der Waals surface area contributed by atoms with Crippen LogP contribution >= 0.6 is 12.2 Å². The Kier molecular flexibility index (Phi) is 6.11. The van der Waals surface area contributed by atoms with Crippen molar-refractivity contribution in [1.82, 2.24) is 10.6 Å². The third-order valence-corrected chi connectivity index (χ3v) is 3.48. The first-order valence-corrected chi connectivity index (χ1v) is 5.56. The summed E-state index contributed by atoms with van der Waals surface area (Å²) < 4.78 is 0. The van der Waals surface area contributed by atoms with E-state index in [1.807, 2.05) is 20.8 Å². The number of nitrogens with one attached hydrogen (secondary N) is 2. The Bertz CT molecular complexity index is 305. The summed E-state index contributed by atoms with van der Waals surface area (Å²) in [5, 5.41) is 5.16. The summed E-state index contributed by atoms with van der Waals surface area (Å²) in [6, 6.07) is 0. The zero-order chi connectivity index (χ0) is 11.6. The molecule has 1 fully saturated rings. The van der Waals surface area contributed by atoms with Gasteiger partial charge in [-0.3, -0.25) is 9.59 Å². The van der Waals surface area contributed by atoms with Crippen molar-refractivity contribution in [3.8, 4) is 0 Å². The van der Waals surface area contributed by atoms with E-state index >= 15 is 0 Å². The summed E-state index contributed by atoms with van der Waals surface area (Å²) in [6.45, 7) is 5.73. The summed E-state index contributed by atoms with van der Waals surface area (Å²) in [7, 11) is 0. The average Bonchev–Trinajstić information content (AvgIpc) is 2.17. The normalized spacial score (nSPS) is 20.6. The van der Waals surface area contributed by atoms with Gasteiger partial charge in [-0.15, -0.1) is 0 Å². The number of carbonyl (C=O) groups is 2. The Morgan fingerprint density at radius 3 is 2.06 bits per heavy atom. The molecule has 0 aromatic rings. The number of hydrogen-bond acceptors (Lipinski definition) is 3. The minimum atomic E-state index is -0.961. The van der Waals surface area contributed by atoms with E-state index in [1.54, 1.807) is 0 Å².